The van der Waals surface area contributed by atoms with E-state index in [1.807, 2.05) is 46.9 Å². The van der Waals surface area contributed by atoms with Crippen LogP contribution in [0.4, 0.5) is 0 Å². The van der Waals surface area contributed by atoms with Crippen LogP contribution in [0.1, 0.15) is 13.8 Å². The first-order valence-electron chi connectivity index (χ1n) is 7.96. The smallest absolute Gasteiger partial charge is 0.416 e. The van der Waals surface area contributed by atoms with Crippen LogP contribution in [-0.2, 0) is 13.0 Å². The van der Waals surface area contributed by atoms with Crippen LogP contribution in [0.2, 0.25) is 25.7 Å². The molecule has 0 rings (SSSR count). The van der Waals surface area contributed by atoms with Crippen molar-refractivity contribution < 1.29 is 17.5 Å². The molecule has 0 radical (unpaired) electrons. The van der Waals surface area contributed by atoms with Crippen LogP contribution in [0.3, 0.4) is 0 Å². The maximum absolute atomic E-state index is 8.24. The zero-order chi connectivity index (χ0) is 17.6. The summed E-state index contributed by atoms with van der Waals surface area (Å²) in [4.78, 5) is 1.84. The van der Waals surface area contributed by atoms with Gasteiger partial charge in [-0.15, -0.1) is 0 Å². The Labute approximate surface area is 138 Å². The summed E-state index contributed by atoms with van der Waals surface area (Å²) in [5, 5.41) is 8.24. The van der Waals surface area contributed by atoms with Crippen LogP contribution in [0.25, 0.3) is 0 Å². The molecule has 0 saturated heterocycles. The minimum absolute atomic E-state index is 0.483. The monoisotopic (exact) mass is 350 g/mol. The van der Waals surface area contributed by atoms with Crippen LogP contribution >= 0.6 is 0 Å². The van der Waals surface area contributed by atoms with E-state index in [0.717, 1.165) is 12.6 Å². The number of guanidine groups is 1. The molecule has 0 aliphatic heterocycles. The summed E-state index contributed by atoms with van der Waals surface area (Å²) in [7, 11) is 3.41. The Hall–Kier alpha value is -0.256. The van der Waals surface area contributed by atoms with E-state index >= 15 is 0 Å². The molecular weight excluding hydrogens is 314 g/mol. The van der Waals surface area contributed by atoms with Gasteiger partial charge < -0.3 is 17.9 Å². The number of rotatable bonds is 9. The van der Waals surface area contributed by atoms with Gasteiger partial charge >= 0.3 is 8.80 Å². The Balaban J connectivity index is 5.16. The van der Waals surface area contributed by atoms with E-state index in [1.165, 1.54) is 0 Å². The van der Waals surface area contributed by atoms with Crippen molar-refractivity contribution in [3.05, 3.63) is 0 Å². The lowest BCUT2D eigenvalue weighted by molar-refractivity contribution is -0.803. The fraction of sp³-hybridized carbons (Fsp3) is 0.929. The van der Waals surface area contributed by atoms with Crippen molar-refractivity contribution >= 4 is 23.1 Å². The maximum Gasteiger partial charge on any atom is 0.496 e. The van der Waals surface area contributed by atoms with E-state index < -0.39 is 17.1 Å². The minimum Gasteiger partial charge on any atom is -0.416 e. The van der Waals surface area contributed by atoms with Crippen molar-refractivity contribution in [1.82, 2.24) is 4.90 Å². The van der Waals surface area contributed by atoms with Crippen LogP contribution in [0.5, 0.6) is 0 Å². The Morgan fingerprint density at radius 2 is 1.50 bits per heavy atom. The van der Waals surface area contributed by atoms with Gasteiger partial charge in [0, 0.05) is 27.3 Å². The van der Waals surface area contributed by atoms with Crippen molar-refractivity contribution in [1.29, 1.82) is 5.41 Å². The molecule has 132 valence electrons. The second-order valence-corrected chi connectivity index (χ2v) is 14.6. The molecule has 0 amide bonds. The van der Waals surface area contributed by atoms with Crippen molar-refractivity contribution in [2.75, 3.05) is 47.9 Å². The Bertz CT molecular complexity index is 352. The summed E-state index contributed by atoms with van der Waals surface area (Å²) in [5.41, 5.74) is 0. The Morgan fingerprint density at radius 1 is 1.05 bits per heavy atom. The Kier molecular flexibility index (Phi) is 8.46. The largest absolute Gasteiger partial charge is 0.496 e. The minimum atomic E-state index is -2.69. The first kappa shape index (κ1) is 21.7. The van der Waals surface area contributed by atoms with Crippen molar-refractivity contribution in [3.8, 4) is 0 Å². The lowest BCUT2D eigenvalue weighted by Gasteiger charge is -2.38. The molecule has 0 aliphatic carbocycles. The molecule has 22 heavy (non-hydrogen) atoms. The summed E-state index contributed by atoms with van der Waals surface area (Å²) in [5.74, 6) is 0.559. The SMILES string of the molecule is CCO[Si](CC[N+](C)(C)C(=N)N(C)C)(OCC)O[Si](C)(C)C. The summed E-state index contributed by atoms with van der Waals surface area (Å²) in [6.45, 7) is 12.4. The number of nitrogens with one attached hydrogen (secondary N) is 1. The molecule has 0 bridgehead atoms. The molecule has 6 nitrogen and oxygen atoms in total. The molecule has 0 unspecified atom stereocenters. The van der Waals surface area contributed by atoms with Gasteiger partial charge in [0.1, 0.15) is 0 Å². The summed E-state index contributed by atoms with van der Waals surface area (Å²) in [6.07, 6.45) is 0. The van der Waals surface area contributed by atoms with Crippen LogP contribution in [0, 0.1) is 5.41 Å². The molecule has 0 aromatic heterocycles. The van der Waals surface area contributed by atoms with Gasteiger partial charge in [0.05, 0.1) is 26.7 Å². The van der Waals surface area contributed by atoms with Gasteiger partial charge in [-0.05, 0) is 33.5 Å². The number of hydrogen-bond donors (Lipinski definition) is 1. The molecule has 0 aromatic carbocycles. The molecule has 0 spiro atoms. The highest BCUT2D eigenvalue weighted by Crippen LogP contribution is 2.23. The lowest BCUT2D eigenvalue weighted by atomic mass is 10.5. The van der Waals surface area contributed by atoms with Gasteiger partial charge in [-0.25, -0.2) is 5.41 Å². The highest BCUT2D eigenvalue weighted by molar-refractivity contribution is 6.80. The van der Waals surface area contributed by atoms with Gasteiger partial charge in [0.25, 0.3) is 5.96 Å². The van der Waals surface area contributed by atoms with E-state index in [4.69, 9.17) is 18.4 Å². The maximum atomic E-state index is 8.24. The van der Waals surface area contributed by atoms with Gasteiger partial charge in [-0.1, -0.05) is 0 Å². The number of quaternary nitrogens is 1. The first-order valence-corrected chi connectivity index (χ1v) is 13.3. The highest BCUT2D eigenvalue weighted by Gasteiger charge is 2.46. The second kappa shape index (κ2) is 8.56. The third-order valence-corrected chi connectivity index (χ3v) is 9.15. The predicted molar refractivity (Wildman–Crippen MR) is 96.6 cm³/mol. The molecular formula is C14H36N3O3Si2+. The quantitative estimate of drug-likeness (QED) is 0.300. The highest BCUT2D eigenvalue weighted by atomic mass is 28.5. The van der Waals surface area contributed by atoms with Gasteiger partial charge in [-0.2, -0.15) is 0 Å². The van der Waals surface area contributed by atoms with E-state index in [1.54, 1.807) is 0 Å². The molecule has 0 atom stereocenters. The average molecular weight is 351 g/mol. The summed E-state index contributed by atoms with van der Waals surface area (Å²) in [6, 6.07) is 0.724. The third-order valence-electron chi connectivity index (χ3n) is 3.16. The zero-order valence-electron chi connectivity index (χ0n) is 15.9. The standard InChI is InChI=1S/C14H36N3O3Si2/c1-10-18-22(19-11-2,20-21(7,8)9)13-12-17(5,6)14(15)16(3)4/h15H,10-13H2,1-9H3/q+1. The normalized spacial score (nSPS) is 13.3. The fourth-order valence-electron chi connectivity index (χ4n) is 2.27. The molecule has 1 N–H and O–H groups in total. The van der Waals surface area contributed by atoms with Crippen LogP contribution in [-0.4, -0.2) is 80.4 Å². The summed E-state index contributed by atoms with van der Waals surface area (Å²) >= 11 is 0. The average Bonchev–Trinajstić information content (AvgIpc) is 2.34. The molecule has 0 saturated carbocycles. The molecule has 8 heteroatoms. The zero-order valence-corrected chi connectivity index (χ0v) is 17.9. The lowest BCUT2D eigenvalue weighted by Crippen LogP contribution is -2.58. The van der Waals surface area contributed by atoms with E-state index in [-0.39, 0.29) is 0 Å². The molecule has 0 aromatic rings. The van der Waals surface area contributed by atoms with Crippen molar-refractivity contribution in [3.63, 3.8) is 0 Å². The Morgan fingerprint density at radius 3 is 1.82 bits per heavy atom. The third kappa shape index (κ3) is 7.34. The second-order valence-electron chi connectivity index (χ2n) is 7.14. The van der Waals surface area contributed by atoms with Gasteiger partial charge in [0.2, 0.25) is 0 Å². The summed E-state index contributed by atoms with van der Waals surface area (Å²) < 4.78 is 18.9. The van der Waals surface area contributed by atoms with Crippen molar-refractivity contribution in [2.24, 2.45) is 0 Å². The van der Waals surface area contributed by atoms with Crippen LogP contribution < -0.4 is 0 Å². The molecule has 0 aliphatic rings. The van der Waals surface area contributed by atoms with E-state index in [9.17, 15) is 0 Å². The molecule has 0 heterocycles. The topological polar surface area (TPSA) is 54.8 Å². The first-order chi connectivity index (χ1) is 9.89. The molecule has 0 fully saturated rings. The van der Waals surface area contributed by atoms with Gasteiger partial charge in [0.15, 0.2) is 8.32 Å². The van der Waals surface area contributed by atoms with E-state index in [2.05, 4.69) is 19.6 Å². The van der Waals surface area contributed by atoms with E-state index in [0.29, 0.717) is 23.7 Å². The number of nitrogens with zero attached hydrogens (tertiary/aromatic N) is 2. The fourth-order valence-corrected chi connectivity index (χ4v) is 8.96. The van der Waals surface area contributed by atoms with Gasteiger partial charge in [-0.3, -0.25) is 4.48 Å². The predicted octanol–water partition coefficient (Wildman–Crippen LogP) is 2.42. The van der Waals surface area contributed by atoms with Crippen LogP contribution in [0.15, 0.2) is 0 Å². The number of hydrogen-bond acceptors (Lipinski definition) is 4. The van der Waals surface area contributed by atoms with Crippen molar-refractivity contribution in [2.45, 2.75) is 39.5 Å².